The Hall–Kier alpha value is -3.28. The third-order valence-electron chi connectivity index (χ3n) is 3.73. The van der Waals surface area contributed by atoms with Gasteiger partial charge in [-0.25, -0.2) is 4.98 Å². The molecule has 2 aromatic carbocycles. The third kappa shape index (κ3) is 3.98. The fourth-order valence-electron chi connectivity index (χ4n) is 2.30. The van der Waals surface area contributed by atoms with Crippen LogP contribution in [0.3, 0.4) is 0 Å². The van der Waals surface area contributed by atoms with E-state index in [1.807, 2.05) is 48.5 Å². The van der Waals surface area contributed by atoms with Crippen molar-refractivity contribution in [3.8, 4) is 17.4 Å². The van der Waals surface area contributed by atoms with Gasteiger partial charge in [0.05, 0.1) is 7.11 Å². The molecule has 0 aliphatic heterocycles. The number of nitrogen functional groups attached to an aromatic ring is 1. The van der Waals surface area contributed by atoms with Crippen LogP contribution < -0.4 is 20.5 Å². The molecule has 3 rings (SSSR count). The number of ether oxygens (including phenoxy) is 2. The summed E-state index contributed by atoms with van der Waals surface area (Å²) in [6.07, 6.45) is 2.39. The zero-order valence-corrected chi connectivity index (χ0v) is 14.2. The van der Waals surface area contributed by atoms with Crippen molar-refractivity contribution in [2.45, 2.75) is 13.3 Å². The number of aryl methyl sites for hydroxylation is 1. The Kier molecular flexibility index (Phi) is 4.99. The van der Waals surface area contributed by atoms with Crippen LogP contribution in [0.5, 0.6) is 17.4 Å². The lowest BCUT2D eigenvalue weighted by Crippen LogP contribution is -2.03. The Bertz CT molecular complexity index is 850. The number of aromatic nitrogens is 2. The number of nitrogens with two attached hydrogens (primary N) is 1. The molecule has 3 N–H and O–H groups in total. The van der Waals surface area contributed by atoms with E-state index in [2.05, 4.69) is 22.2 Å². The van der Waals surface area contributed by atoms with E-state index in [4.69, 9.17) is 15.2 Å². The minimum absolute atomic E-state index is 0.310. The molecule has 0 atom stereocenters. The van der Waals surface area contributed by atoms with Crippen LogP contribution in [0, 0.1) is 0 Å². The van der Waals surface area contributed by atoms with E-state index in [0.29, 0.717) is 23.1 Å². The maximum absolute atomic E-state index is 6.16. The first-order valence-corrected chi connectivity index (χ1v) is 7.98. The molecule has 0 fully saturated rings. The lowest BCUT2D eigenvalue weighted by atomic mass is 10.2. The molecule has 0 aliphatic carbocycles. The monoisotopic (exact) mass is 336 g/mol. The van der Waals surface area contributed by atoms with Gasteiger partial charge in [0, 0.05) is 11.8 Å². The highest BCUT2D eigenvalue weighted by atomic mass is 16.5. The van der Waals surface area contributed by atoms with Crippen LogP contribution in [-0.2, 0) is 6.42 Å². The molecule has 1 heterocycles. The number of hydrogen-bond acceptors (Lipinski definition) is 6. The standard InChI is InChI=1S/C19H20N4O2/c1-3-13-7-9-15(10-8-13)25-19-17(20)18(21-12-22-19)23-14-5-4-6-16(11-14)24-2/h4-12H,3,20H2,1-2H3,(H,21,22,23). The first kappa shape index (κ1) is 16.6. The first-order valence-electron chi connectivity index (χ1n) is 7.98. The largest absolute Gasteiger partial charge is 0.497 e. The highest BCUT2D eigenvalue weighted by Gasteiger charge is 2.11. The summed E-state index contributed by atoms with van der Waals surface area (Å²) in [5.41, 5.74) is 8.55. The molecule has 3 aromatic rings. The highest BCUT2D eigenvalue weighted by molar-refractivity contribution is 5.72. The van der Waals surface area contributed by atoms with Crippen LogP contribution in [0.15, 0.2) is 54.9 Å². The minimum atomic E-state index is 0.310. The number of anilines is 3. The molecule has 1 aromatic heterocycles. The van der Waals surface area contributed by atoms with Crippen LogP contribution in [-0.4, -0.2) is 17.1 Å². The van der Waals surface area contributed by atoms with Crippen molar-refractivity contribution in [2.75, 3.05) is 18.2 Å². The molecule has 0 unspecified atom stereocenters. The first-order chi connectivity index (χ1) is 12.2. The average molecular weight is 336 g/mol. The Labute approximate surface area is 146 Å². The predicted octanol–water partition coefficient (Wildman–Crippen LogP) is 4.17. The smallest absolute Gasteiger partial charge is 0.248 e. The Morgan fingerprint density at radius 1 is 1.04 bits per heavy atom. The molecule has 0 saturated heterocycles. The van der Waals surface area contributed by atoms with Crippen LogP contribution >= 0.6 is 0 Å². The van der Waals surface area contributed by atoms with Gasteiger partial charge < -0.3 is 20.5 Å². The molecule has 0 amide bonds. The van der Waals surface area contributed by atoms with Crippen LogP contribution in [0.1, 0.15) is 12.5 Å². The quantitative estimate of drug-likeness (QED) is 0.703. The second-order valence-electron chi connectivity index (χ2n) is 5.40. The molecule has 6 heteroatoms. The van der Waals surface area contributed by atoms with Crippen molar-refractivity contribution >= 4 is 17.2 Å². The van der Waals surface area contributed by atoms with Crippen molar-refractivity contribution in [3.05, 3.63) is 60.4 Å². The number of nitrogens with one attached hydrogen (secondary N) is 1. The fourth-order valence-corrected chi connectivity index (χ4v) is 2.30. The van der Waals surface area contributed by atoms with Crippen molar-refractivity contribution in [3.63, 3.8) is 0 Å². The van der Waals surface area contributed by atoms with Gasteiger partial charge in [-0.15, -0.1) is 0 Å². The lowest BCUT2D eigenvalue weighted by Gasteiger charge is -2.12. The summed E-state index contributed by atoms with van der Waals surface area (Å²) in [6.45, 7) is 2.11. The minimum Gasteiger partial charge on any atom is -0.497 e. The summed E-state index contributed by atoms with van der Waals surface area (Å²) in [6, 6.07) is 15.3. The van der Waals surface area contributed by atoms with Gasteiger partial charge in [-0.05, 0) is 36.2 Å². The van der Waals surface area contributed by atoms with E-state index < -0.39 is 0 Å². The van der Waals surface area contributed by atoms with Gasteiger partial charge in [-0.1, -0.05) is 25.1 Å². The van der Waals surface area contributed by atoms with Crippen LogP contribution in [0.25, 0.3) is 0 Å². The molecular formula is C19H20N4O2. The van der Waals surface area contributed by atoms with E-state index in [9.17, 15) is 0 Å². The summed E-state index contributed by atoms with van der Waals surface area (Å²) in [5.74, 6) is 2.20. The van der Waals surface area contributed by atoms with E-state index in [1.165, 1.54) is 11.9 Å². The van der Waals surface area contributed by atoms with E-state index in [0.717, 1.165) is 17.9 Å². The highest BCUT2D eigenvalue weighted by Crippen LogP contribution is 2.31. The number of nitrogens with zero attached hydrogens (tertiary/aromatic N) is 2. The number of benzene rings is 2. The molecule has 0 saturated carbocycles. The molecular weight excluding hydrogens is 316 g/mol. The molecule has 0 radical (unpaired) electrons. The maximum Gasteiger partial charge on any atom is 0.248 e. The van der Waals surface area contributed by atoms with Gasteiger partial charge in [0.2, 0.25) is 5.88 Å². The molecule has 0 bridgehead atoms. The van der Waals surface area contributed by atoms with Gasteiger partial charge >= 0.3 is 0 Å². The van der Waals surface area contributed by atoms with Crippen molar-refractivity contribution in [1.29, 1.82) is 0 Å². The molecule has 128 valence electrons. The van der Waals surface area contributed by atoms with Gasteiger partial charge in [-0.3, -0.25) is 0 Å². The van der Waals surface area contributed by atoms with Crippen LogP contribution in [0.2, 0.25) is 0 Å². The molecule has 0 aliphatic rings. The van der Waals surface area contributed by atoms with Crippen LogP contribution in [0.4, 0.5) is 17.2 Å². The zero-order chi connectivity index (χ0) is 17.6. The molecule has 0 spiro atoms. The van der Waals surface area contributed by atoms with E-state index in [1.54, 1.807) is 7.11 Å². The van der Waals surface area contributed by atoms with Crippen molar-refractivity contribution < 1.29 is 9.47 Å². The SMILES string of the molecule is CCc1ccc(Oc2ncnc(Nc3cccc(OC)c3)c2N)cc1. The maximum atomic E-state index is 6.16. The van der Waals surface area contributed by atoms with Crippen molar-refractivity contribution in [1.82, 2.24) is 9.97 Å². The summed E-state index contributed by atoms with van der Waals surface area (Å²) in [5, 5.41) is 3.16. The average Bonchev–Trinajstić information content (AvgIpc) is 2.66. The van der Waals surface area contributed by atoms with E-state index in [-0.39, 0.29) is 0 Å². The normalized spacial score (nSPS) is 10.3. The van der Waals surface area contributed by atoms with Gasteiger partial charge in [0.1, 0.15) is 23.5 Å². The predicted molar refractivity (Wildman–Crippen MR) is 98.6 cm³/mol. The van der Waals surface area contributed by atoms with Gasteiger partial charge in [0.25, 0.3) is 0 Å². The second-order valence-corrected chi connectivity index (χ2v) is 5.40. The zero-order valence-electron chi connectivity index (χ0n) is 14.2. The number of hydrogen-bond donors (Lipinski definition) is 2. The fraction of sp³-hybridized carbons (Fsp3) is 0.158. The topological polar surface area (TPSA) is 82.3 Å². The van der Waals surface area contributed by atoms with Gasteiger partial charge in [0.15, 0.2) is 5.82 Å². The second kappa shape index (κ2) is 7.53. The lowest BCUT2D eigenvalue weighted by molar-refractivity contribution is 0.415. The molecule has 25 heavy (non-hydrogen) atoms. The van der Waals surface area contributed by atoms with E-state index >= 15 is 0 Å². The summed E-state index contributed by atoms with van der Waals surface area (Å²) >= 11 is 0. The Morgan fingerprint density at radius 2 is 1.84 bits per heavy atom. The molecule has 6 nitrogen and oxygen atoms in total. The summed E-state index contributed by atoms with van der Waals surface area (Å²) < 4.78 is 11.0. The Balaban J connectivity index is 1.81. The number of rotatable bonds is 6. The number of methoxy groups -OCH3 is 1. The van der Waals surface area contributed by atoms with Gasteiger partial charge in [-0.2, -0.15) is 4.98 Å². The summed E-state index contributed by atoms with van der Waals surface area (Å²) in [7, 11) is 1.62. The Morgan fingerprint density at radius 3 is 2.56 bits per heavy atom. The summed E-state index contributed by atoms with van der Waals surface area (Å²) in [4.78, 5) is 8.32. The van der Waals surface area contributed by atoms with Crippen molar-refractivity contribution in [2.24, 2.45) is 0 Å². The third-order valence-corrected chi connectivity index (χ3v) is 3.73.